The first-order valence-electron chi connectivity index (χ1n) is 6.53. The number of aromatic nitrogens is 3. The molecule has 1 amide bonds. The van der Waals surface area contributed by atoms with Crippen molar-refractivity contribution in [3.8, 4) is 0 Å². The second kappa shape index (κ2) is 6.98. The summed E-state index contributed by atoms with van der Waals surface area (Å²) in [5, 5.41) is 3.92. The van der Waals surface area contributed by atoms with Gasteiger partial charge in [-0.05, 0) is 12.8 Å². The summed E-state index contributed by atoms with van der Waals surface area (Å²) >= 11 is 0. The normalized spacial score (nSPS) is 10.9. The van der Waals surface area contributed by atoms with Crippen molar-refractivity contribution in [3.05, 3.63) is 6.33 Å². The lowest BCUT2D eigenvalue weighted by Crippen LogP contribution is -2.37. The van der Waals surface area contributed by atoms with E-state index in [0.29, 0.717) is 5.92 Å². The topological polar surface area (TPSA) is 77.0 Å². The SMILES string of the molecule is CCC(CC)CN(CC)C(=O)Cn1cnc(N)n1. The highest BCUT2D eigenvalue weighted by Gasteiger charge is 2.16. The zero-order valence-electron chi connectivity index (χ0n) is 11.5. The summed E-state index contributed by atoms with van der Waals surface area (Å²) < 4.78 is 1.48. The van der Waals surface area contributed by atoms with E-state index in [1.165, 1.54) is 11.0 Å². The Morgan fingerprint density at radius 1 is 1.44 bits per heavy atom. The number of likely N-dealkylation sites (N-methyl/N-ethyl adjacent to an activating group) is 1. The average molecular weight is 253 g/mol. The third-order valence-corrected chi connectivity index (χ3v) is 3.22. The van der Waals surface area contributed by atoms with Crippen LogP contribution in [0.25, 0.3) is 0 Å². The maximum absolute atomic E-state index is 12.1. The Hall–Kier alpha value is -1.59. The van der Waals surface area contributed by atoms with E-state index in [0.717, 1.165) is 25.9 Å². The number of nitrogen functional groups attached to an aromatic ring is 1. The number of nitrogens with two attached hydrogens (primary N) is 1. The molecule has 0 aromatic carbocycles. The van der Waals surface area contributed by atoms with Crippen LogP contribution in [-0.4, -0.2) is 38.7 Å². The smallest absolute Gasteiger partial charge is 0.244 e. The van der Waals surface area contributed by atoms with Crippen molar-refractivity contribution >= 4 is 11.9 Å². The highest BCUT2D eigenvalue weighted by Crippen LogP contribution is 2.10. The van der Waals surface area contributed by atoms with E-state index in [1.807, 2.05) is 11.8 Å². The van der Waals surface area contributed by atoms with Crippen LogP contribution in [0, 0.1) is 5.92 Å². The van der Waals surface area contributed by atoms with Gasteiger partial charge in [0.05, 0.1) is 0 Å². The Bertz CT molecular complexity index is 372. The molecule has 0 saturated heterocycles. The van der Waals surface area contributed by atoms with Crippen LogP contribution >= 0.6 is 0 Å². The molecule has 1 rings (SSSR count). The molecule has 6 nitrogen and oxygen atoms in total. The number of carbonyl (C=O) groups excluding carboxylic acids is 1. The minimum Gasteiger partial charge on any atom is -0.367 e. The standard InChI is InChI=1S/C12H23N5O/c1-4-10(5-2)7-16(6-3)11(18)8-17-9-14-12(13)15-17/h9-10H,4-8H2,1-3H3,(H2,13,15). The number of rotatable bonds is 7. The van der Waals surface area contributed by atoms with Crippen LogP contribution in [0.4, 0.5) is 5.95 Å². The number of amides is 1. The fraction of sp³-hybridized carbons (Fsp3) is 0.750. The molecule has 1 aromatic heterocycles. The lowest BCUT2D eigenvalue weighted by Gasteiger charge is -2.25. The minimum atomic E-state index is 0.0642. The fourth-order valence-electron chi connectivity index (χ4n) is 1.89. The molecule has 0 aliphatic rings. The fourth-order valence-corrected chi connectivity index (χ4v) is 1.89. The molecule has 0 radical (unpaired) electrons. The van der Waals surface area contributed by atoms with E-state index in [-0.39, 0.29) is 18.4 Å². The van der Waals surface area contributed by atoms with Crippen molar-refractivity contribution < 1.29 is 4.79 Å². The van der Waals surface area contributed by atoms with Crippen molar-refractivity contribution in [1.29, 1.82) is 0 Å². The number of hydrogen-bond acceptors (Lipinski definition) is 4. The summed E-state index contributed by atoms with van der Waals surface area (Å²) in [5.74, 6) is 0.829. The maximum Gasteiger partial charge on any atom is 0.244 e. The van der Waals surface area contributed by atoms with E-state index in [1.54, 1.807) is 0 Å². The van der Waals surface area contributed by atoms with Gasteiger partial charge in [-0.1, -0.05) is 26.7 Å². The highest BCUT2D eigenvalue weighted by atomic mass is 16.2. The van der Waals surface area contributed by atoms with E-state index < -0.39 is 0 Å². The van der Waals surface area contributed by atoms with Crippen molar-refractivity contribution in [3.63, 3.8) is 0 Å². The van der Waals surface area contributed by atoms with Gasteiger partial charge in [0, 0.05) is 13.1 Å². The van der Waals surface area contributed by atoms with Gasteiger partial charge in [0.25, 0.3) is 0 Å². The van der Waals surface area contributed by atoms with Crippen molar-refractivity contribution in [2.45, 2.75) is 40.2 Å². The molecule has 102 valence electrons. The highest BCUT2D eigenvalue weighted by molar-refractivity contribution is 5.75. The molecule has 0 aliphatic heterocycles. The number of hydrogen-bond donors (Lipinski definition) is 1. The molecule has 0 unspecified atom stereocenters. The van der Waals surface area contributed by atoms with Crippen molar-refractivity contribution in [1.82, 2.24) is 19.7 Å². The molecule has 0 saturated carbocycles. The van der Waals surface area contributed by atoms with E-state index >= 15 is 0 Å². The molecule has 0 aliphatic carbocycles. The zero-order valence-corrected chi connectivity index (χ0v) is 11.5. The van der Waals surface area contributed by atoms with Crippen LogP contribution in [-0.2, 0) is 11.3 Å². The van der Waals surface area contributed by atoms with Crippen LogP contribution in [0.2, 0.25) is 0 Å². The molecule has 2 N–H and O–H groups in total. The summed E-state index contributed by atoms with van der Waals surface area (Å²) in [6.07, 6.45) is 3.67. The minimum absolute atomic E-state index is 0.0642. The summed E-state index contributed by atoms with van der Waals surface area (Å²) in [4.78, 5) is 17.8. The third-order valence-electron chi connectivity index (χ3n) is 3.22. The molecule has 1 aromatic rings. The van der Waals surface area contributed by atoms with Gasteiger partial charge in [0.2, 0.25) is 11.9 Å². The predicted octanol–water partition coefficient (Wildman–Crippen LogP) is 1.14. The first-order valence-corrected chi connectivity index (χ1v) is 6.53. The summed E-state index contributed by atoms with van der Waals surface area (Å²) in [7, 11) is 0. The predicted molar refractivity (Wildman–Crippen MR) is 70.8 cm³/mol. The molecular weight excluding hydrogens is 230 g/mol. The molecule has 0 atom stereocenters. The Kier molecular flexibility index (Phi) is 5.61. The van der Waals surface area contributed by atoms with Crippen molar-refractivity contribution in [2.75, 3.05) is 18.8 Å². The first-order chi connectivity index (χ1) is 8.60. The number of anilines is 1. The Balaban J connectivity index is 2.56. The second-order valence-electron chi connectivity index (χ2n) is 4.42. The number of carbonyl (C=O) groups is 1. The van der Waals surface area contributed by atoms with Crippen LogP contribution < -0.4 is 5.73 Å². The van der Waals surface area contributed by atoms with Crippen LogP contribution in [0.5, 0.6) is 0 Å². The Labute approximate surface area is 108 Å². The lowest BCUT2D eigenvalue weighted by atomic mass is 10.0. The van der Waals surface area contributed by atoms with Crippen LogP contribution in [0.1, 0.15) is 33.6 Å². The van der Waals surface area contributed by atoms with E-state index in [2.05, 4.69) is 23.9 Å². The number of nitrogens with zero attached hydrogens (tertiary/aromatic N) is 4. The maximum atomic E-state index is 12.1. The van der Waals surface area contributed by atoms with E-state index in [4.69, 9.17) is 5.73 Å². The van der Waals surface area contributed by atoms with Crippen LogP contribution in [0.15, 0.2) is 6.33 Å². The van der Waals surface area contributed by atoms with Gasteiger partial charge in [-0.3, -0.25) is 4.79 Å². The van der Waals surface area contributed by atoms with Crippen molar-refractivity contribution in [2.24, 2.45) is 5.92 Å². The van der Waals surface area contributed by atoms with Gasteiger partial charge < -0.3 is 10.6 Å². The Morgan fingerprint density at radius 2 is 2.11 bits per heavy atom. The zero-order chi connectivity index (χ0) is 13.5. The van der Waals surface area contributed by atoms with Gasteiger partial charge in [-0.15, -0.1) is 5.10 Å². The molecular formula is C12H23N5O. The Morgan fingerprint density at radius 3 is 2.56 bits per heavy atom. The molecule has 18 heavy (non-hydrogen) atoms. The molecule has 0 spiro atoms. The van der Waals surface area contributed by atoms with Crippen LogP contribution in [0.3, 0.4) is 0 Å². The summed E-state index contributed by atoms with van der Waals surface area (Å²) in [5.41, 5.74) is 5.42. The lowest BCUT2D eigenvalue weighted by molar-refractivity contribution is -0.132. The summed E-state index contributed by atoms with van der Waals surface area (Å²) in [6, 6.07) is 0. The molecule has 1 heterocycles. The molecule has 0 fully saturated rings. The monoisotopic (exact) mass is 253 g/mol. The van der Waals surface area contributed by atoms with Gasteiger partial charge in [-0.2, -0.15) is 0 Å². The molecule has 0 bridgehead atoms. The van der Waals surface area contributed by atoms with E-state index in [9.17, 15) is 4.79 Å². The second-order valence-corrected chi connectivity index (χ2v) is 4.42. The van der Waals surface area contributed by atoms with Gasteiger partial charge in [0.1, 0.15) is 12.9 Å². The average Bonchev–Trinajstić information content (AvgIpc) is 2.76. The van der Waals surface area contributed by atoms with Gasteiger partial charge in [-0.25, -0.2) is 9.67 Å². The first kappa shape index (κ1) is 14.5. The molecule has 6 heteroatoms. The third kappa shape index (κ3) is 4.01. The van der Waals surface area contributed by atoms with Gasteiger partial charge in [0.15, 0.2) is 0 Å². The quantitative estimate of drug-likeness (QED) is 0.790. The summed E-state index contributed by atoms with van der Waals surface area (Å²) in [6.45, 7) is 8.05. The largest absolute Gasteiger partial charge is 0.367 e. The van der Waals surface area contributed by atoms with Gasteiger partial charge >= 0.3 is 0 Å².